The summed E-state index contributed by atoms with van der Waals surface area (Å²) in [6, 6.07) is 4.67. The summed E-state index contributed by atoms with van der Waals surface area (Å²) in [5.41, 5.74) is 7.54. The van der Waals surface area contributed by atoms with Crippen molar-refractivity contribution in [2.45, 2.75) is 40.2 Å². The van der Waals surface area contributed by atoms with Gasteiger partial charge in [-0.2, -0.15) is 0 Å². The predicted octanol–water partition coefficient (Wildman–Crippen LogP) is 4.53. The van der Waals surface area contributed by atoms with Crippen LogP contribution < -0.4 is 5.73 Å². The Labute approximate surface area is 129 Å². The van der Waals surface area contributed by atoms with Gasteiger partial charge in [0.05, 0.1) is 5.02 Å². The maximum atomic E-state index is 13.7. The summed E-state index contributed by atoms with van der Waals surface area (Å²) >= 11 is 5.73. The molecule has 0 fully saturated rings. The zero-order valence-electron chi connectivity index (χ0n) is 12.7. The topological polar surface area (TPSA) is 43.8 Å². The molecule has 0 aliphatic carbocycles. The lowest BCUT2D eigenvalue weighted by atomic mass is 10.1. The standard InChI is InChI=1S/C16H21ClFN3/c1-4-5-14-20-15(16(19)21(14)9-10(2)3)11-6-7-12(17)13(18)8-11/h6-8,10H,4-5,9,19H2,1-3H3. The second-order valence-electron chi connectivity index (χ2n) is 5.65. The average Bonchev–Trinajstić information content (AvgIpc) is 2.71. The maximum Gasteiger partial charge on any atom is 0.142 e. The summed E-state index contributed by atoms with van der Waals surface area (Å²) in [6.07, 6.45) is 1.84. The molecule has 0 unspecified atom stereocenters. The van der Waals surface area contributed by atoms with Crippen molar-refractivity contribution in [2.24, 2.45) is 5.92 Å². The van der Waals surface area contributed by atoms with Crippen LogP contribution >= 0.6 is 11.6 Å². The van der Waals surface area contributed by atoms with Gasteiger partial charge in [0.2, 0.25) is 0 Å². The summed E-state index contributed by atoms with van der Waals surface area (Å²) < 4.78 is 15.7. The normalized spacial score (nSPS) is 11.3. The second-order valence-corrected chi connectivity index (χ2v) is 6.05. The van der Waals surface area contributed by atoms with Gasteiger partial charge in [-0.25, -0.2) is 9.37 Å². The predicted molar refractivity (Wildman–Crippen MR) is 85.9 cm³/mol. The summed E-state index contributed by atoms with van der Waals surface area (Å²) in [5.74, 6) is 1.55. The summed E-state index contributed by atoms with van der Waals surface area (Å²) in [5, 5.41) is 0.104. The van der Waals surface area contributed by atoms with Gasteiger partial charge in [0.15, 0.2) is 0 Å². The fraction of sp³-hybridized carbons (Fsp3) is 0.438. The molecule has 0 aliphatic rings. The van der Waals surface area contributed by atoms with Crippen LogP contribution in [0, 0.1) is 11.7 Å². The number of rotatable bonds is 5. The lowest BCUT2D eigenvalue weighted by molar-refractivity contribution is 0.510. The first-order valence-corrected chi connectivity index (χ1v) is 7.62. The molecule has 0 saturated heterocycles. The van der Waals surface area contributed by atoms with Gasteiger partial charge in [-0.1, -0.05) is 38.4 Å². The number of anilines is 1. The number of hydrogen-bond acceptors (Lipinski definition) is 2. The van der Waals surface area contributed by atoms with E-state index in [0.29, 0.717) is 23.0 Å². The highest BCUT2D eigenvalue weighted by molar-refractivity contribution is 6.30. The Hall–Kier alpha value is -1.55. The molecule has 0 bridgehead atoms. The van der Waals surface area contributed by atoms with Crippen LogP contribution in [0.5, 0.6) is 0 Å². The van der Waals surface area contributed by atoms with E-state index in [4.69, 9.17) is 17.3 Å². The van der Waals surface area contributed by atoms with Crippen molar-refractivity contribution in [2.75, 3.05) is 5.73 Å². The smallest absolute Gasteiger partial charge is 0.142 e. The van der Waals surface area contributed by atoms with Crippen LogP contribution in [-0.2, 0) is 13.0 Å². The Bertz CT molecular complexity index is 635. The molecule has 0 radical (unpaired) electrons. The van der Waals surface area contributed by atoms with Crippen LogP contribution in [0.25, 0.3) is 11.3 Å². The maximum absolute atomic E-state index is 13.7. The quantitative estimate of drug-likeness (QED) is 0.881. The van der Waals surface area contributed by atoms with E-state index in [9.17, 15) is 4.39 Å². The van der Waals surface area contributed by atoms with Crippen molar-refractivity contribution in [1.82, 2.24) is 9.55 Å². The third-order valence-electron chi connectivity index (χ3n) is 3.30. The van der Waals surface area contributed by atoms with Crippen molar-refractivity contribution in [3.8, 4) is 11.3 Å². The molecule has 2 rings (SSSR count). The lowest BCUT2D eigenvalue weighted by Crippen LogP contribution is -2.11. The molecule has 0 amide bonds. The number of benzene rings is 1. The van der Waals surface area contributed by atoms with Crippen molar-refractivity contribution in [3.63, 3.8) is 0 Å². The fourth-order valence-electron chi connectivity index (χ4n) is 2.35. The SMILES string of the molecule is CCCc1nc(-c2ccc(Cl)c(F)c2)c(N)n1CC(C)C. The highest BCUT2D eigenvalue weighted by Crippen LogP contribution is 2.30. The van der Waals surface area contributed by atoms with Crippen molar-refractivity contribution in [1.29, 1.82) is 0 Å². The Morgan fingerprint density at radius 1 is 1.38 bits per heavy atom. The van der Waals surface area contributed by atoms with Gasteiger partial charge in [0.1, 0.15) is 23.2 Å². The minimum absolute atomic E-state index is 0.104. The van der Waals surface area contributed by atoms with Crippen molar-refractivity contribution < 1.29 is 4.39 Å². The number of nitrogen functional groups attached to an aromatic ring is 1. The number of imidazole rings is 1. The number of hydrogen-bond donors (Lipinski definition) is 1. The Morgan fingerprint density at radius 2 is 2.10 bits per heavy atom. The molecule has 114 valence electrons. The molecule has 1 aromatic carbocycles. The third-order valence-corrected chi connectivity index (χ3v) is 3.61. The van der Waals surface area contributed by atoms with Gasteiger partial charge in [-0.15, -0.1) is 0 Å². The molecule has 3 nitrogen and oxygen atoms in total. The first-order valence-electron chi connectivity index (χ1n) is 7.24. The third kappa shape index (κ3) is 3.38. The first kappa shape index (κ1) is 15.8. The van der Waals surface area contributed by atoms with E-state index < -0.39 is 5.82 Å². The Balaban J connectivity index is 2.50. The molecular weight excluding hydrogens is 289 g/mol. The van der Waals surface area contributed by atoms with E-state index in [1.807, 2.05) is 4.57 Å². The van der Waals surface area contributed by atoms with Crippen LogP contribution in [0.2, 0.25) is 5.02 Å². The molecule has 1 aromatic heterocycles. The minimum atomic E-state index is -0.455. The Morgan fingerprint density at radius 3 is 2.67 bits per heavy atom. The van der Waals surface area contributed by atoms with E-state index in [-0.39, 0.29) is 5.02 Å². The van der Waals surface area contributed by atoms with E-state index in [2.05, 4.69) is 25.8 Å². The molecule has 2 N–H and O–H groups in total. The van der Waals surface area contributed by atoms with E-state index in [1.54, 1.807) is 6.07 Å². The largest absolute Gasteiger partial charge is 0.383 e. The molecule has 0 spiro atoms. The summed E-state index contributed by atoms with van der Waals surface area (Å²) in [7, 11) is 0. The monoisotopic (exact) mass is 309 g/mol. The summed E-state index contributed by atoms with van der Waals surface area (Å²) in [6.45, 7) is 7.18. The highest BCUT2D eigenvalue weighted by Gasteiger charge is 2.17. The van der Waals surface area contributed by atoms with Gasteiger partial charge < -0.3 is 10.3 Å². The first-order chi connectivity index (χ1) is 9.93. The number of nitrogens with zero attached hydrogens (tertiary/aromatic N) is 2. The van der Waals surface area contributed by atoms with E-state index >= 15 is 0 Å². The zero-order valence-corrected chi connectivity index (χ0v) is 13.4. The Kier molecular flexibility index (Phi) is 4.88. The molecule has 1 heterocycles. The van der Waals surface area contributed by atoms with Crippen LogP contribution in [-0.4, -0.2) is 9.55 Å². The molecule has 0 saturated carbocycles. The number of aromatic nitrogens is 2. The van der Waals surface area contributed by atoms with Gasteiger partial charge in [-0.05, 0) is 24.5 Å². The molecule has 5 heteroatoms. The fourth-order valence-corrected chi connectivity index (χ4v) is 2.47. The molecule has 0 atom stereocenters. The van der Waals surface area contributed by atoms with E-state index in [0.717, 1.165) is 25.2 Å². The van der Waals surface area contributed by atoms with E-state index in [1.165, 1.54) is 12.1 Å². The molecular formula is C16H21ClFN3. The second kappa shape index (κ2) is 6.48. The van der Waals surface area contributed by atoms with Crippen molar-refractivity contribution in [3.05, 3.63) is 34.9 Å². The number of nitrogens with two attached hydrogens (primary N) is 1. The molecule has 2 aromatic rings. The number of aryl methyl sites for hydroxylation is 1. The van der Waals surface area contributed by atoms with Gasteiger partial charge in [0, 0.05) is 18.5 Å². The van der Waals surface area contributed by atoms with Crippen LogP contribution in [0.1, 0.15) is 33.0 Å². The molecule has 21 heavy (non-hydrogen) atoms. The minimum Gasteiger partial charge on any atom is -0.383 e. The summed E-state index contributed by atoms with van der Waals surface area (Å²) in [4.78, 5) is 4.62. The van der Waals surface area contributed by atoms with Gasteiger partial charge >= 0.3 is 0 Å². The van der Waals surface area contributed by atoms with Crippen molar-refractivity contribution >= 4 is 17.4 Å². The number of halogens is 2. The lowest BCUT2D eigenvalue weighted by Gasteiger charge is -2.12. The van der Waals surface area contributed by atoms with Crippen LogP contribution in [0.15, 0.2) is 18.2 Å². The average molecular weight is 310 g/mol. The highest BCUT2D eigenvalue weighted by atomic mass is 35.5. The van der Waals surface area contributed by atoms with Gasteiger partial charge in [0.25, 0.3) is 0 Å². The van der Waals surface area contributed by atoms with Crippen LogP contribution in [0.3, 0.4) is 0 Å². The van der Waals surface area contributed by atoms with Gasteiger partial charge in [-0.3, -0.25) is 0 Å². The molecule has 0 aliphatic heterocycles. The van der Waals surface area contributed by atoms with Crippen LogP contribution in [0.4, 0.5) is 10.2 Å². The zero-order chi connectivity index (χ0) is 15.6.